The van der Waals surface area contributed by atoms with Crippen LogP contribution in [0.2, 0.25) is 0 Å². The van der Waals surface area contributed by atoms with E-state index in [-0.39, 0.29) is 5.91 Å². The molecule has 1 aromatic carbocycles. The van der Waals surface area contributed by atoms with E-state index in [4.69, 9.17) is 4.74 Å². The zero-order valence-corrected chi connectivity index (χ0v) is 12.0. The second kappa shape index (κ2) is 6.53. The summed E-state index contributed by atoms with van der Waals surface area (Å²) in [4.78, 5) is 11.8. The van der Waals surface area contributed by atoms with Gasteiger partial charge >= 0.3 is 0 Å². The van der Waals surface area contributed by atoms with Gasteiger partial charge in [-0.1, -0.05) is 0 Å². The topological polar surface area (TPSA) is 84.5 Å². The van der Waals surface area contributed by atoms with Crippen LogP contribution in [0, 0.1) is 6.92 Å². The van der Waals surface area contributed by atoms with Gasteiger partial charge in [0.25, 0.3) is 5.91 Å². The van der Waals surface area contributed by atoms with Crippen molar-refractivity contribution in [3.05, 3.63) is 29.3 Å². The fraction of sp³-hybridized carbons (Fsp3) is 0.417. The third-order valence-corrected chi connectivity index (χ3v) is 2.97. The van der Waals surface area contributed by atoms with Crippen LogP contribution in [0.15, 0.2) is 18.2 Å². The summed E-state index contributed by atoms with van der Waals surface area (Å²) >= 11 is 0. The lowest BCUT2D eigenvalue weighted by molar-refractivity contribution is 0.0937. The second-order valence-electron chi connectivity index (χ2n) is 4.15. The molecule has 106 valence electrons. The highest BCUT2D eigenvalue weighted by Gasteiger charge is 2.09. The molecule has 2 N–H and O–H groups in total. The predicted molar refractivity (Wildman–Crippen MR) is 73.9 cm³/mol. The van der Waals surface area contributed by atoms with Crippen molar-refractivity contribution in [3.63, 3.8) is 0 Å². The Kier molecular flexibility index (Phi) is 5.31. The number of carbonyl (C=O) groups excluding carboxylic acids is 1. The zero-order valence-electron chi connectivity index (χ0n) is 11.2. The maximum atomic E-state index is 11.8. The Morgan fingerprint density at radius 1 is 1.37 bits per heavy atom. The predicted octanol–water partition coefficient (Wildman–Crippen LogP) is 0.743. The van der Waals surface area contributed by atoms with Crippen LogP contribution in [0.3, 0.4) is 0 Å². The molecule has 0 saturated carbocycles. The van der Waals surface area contributed by atoms with Crippen molar-refractivity contribution in [3.8, 4) is 0 Å². The molecule has 0 aliphatic rings. The molecule has 0 spiro atoms. The van der Waals surface area contributed by atoms with Crippen molar-refractivity contribution in [2.45, 2.75) is 6.92 Å². The normalized spacial score (nSPS) is 11.1. The van der Waals surface area contributed by atoms with Crippen molar-refractivity contribution in [1.29, 1.82) is 0 Å². The molecule has 1 rings (SSSR count). The molecular formula is C12H18N2O4S. The van der Waals surface area contributed by atoms with Gasteiger partial charge in [0.05, 0.1) is 18.6 Å². The first-order chi connectivity index (χ1) is 8.83. The lowest BCUT2D eigenvalue weighted by atomic mass is 10.1. The zero-order chi connectivity index (χ0) is 14.5. The van der Waals surface area contributed by atoms with Gasteiger partial charge in [0.15, 0.2) is 0 Å². The second-order valence-corrected chi connectivity index (χ2v) is 5.90. The molecule has 0 aliphatic carbocycles. The minimum absolute atomic E-state index is 0.217. The molecule has 1 aromatic rings. The van der Waals surface area contributed by atoms with E-state index >= 15 is 0 Å². The molecule has 1 amide bonds. The van der Waals surface area contributed by atoms with Crippen LogP contribution in [0.1, 0.15) is 15.9 Å². The van der Waals surface area contributed by atoms with Gasteiger partial charge in [0.1, 0.15) is 0 Å². The molecule has 19 heavy (non-hydrogen) atoms. The summed E-state index contributed by atoms with van der Waals surface area (Å²) in [5.74, 6) is -0.217. The number of amides is 1. The van der Waals surface area contributed by atoms with E-state index in [1.54, 1.807) is 32.2 Å². The van der Waals surface area contributed by atoms with Gasteiger partial charge in [-0.05, 0) is 30.7 Å². The number of anilines is 1. The van der Waals surface area contributed by atoms with Gasteiger partial charge in [-0.3, -0.25) is 9.52 Å². The molecule has 0 atom stereocenters. The number of nitrogens with one attached hydrogen (secondary N) is 2. The summed E-state index contributed by atoms with van der Waals surface area (Å²) in [5.41, 5.74) is 1.63. The first-order valence-electron chi connectivity index (χ1n) is 5.69. The van der Waals surface area contributed by atoms with Gasteiger partial charge in [-0.2, -0.15) is 0 Å². The Labute approximate surface area is 113 Å². The molecular weight excluding hydrogens is 268 g/mol. The molecule has 0 unspecified atom stereocenters. The molecule has 0 aromatic heterocycles. The van der Waals surface area contributed by atoms with E-state index in [1.807, 2.05) is 0 Å². The van der Waals surface area contributed by atoms with Crippen LogP contribution >= 0.6 is 0 Å². The number of sulfonamides is 1. The molecule has 0 aliphatic heterocycles. The average Bonchev–Trinajstić information content (AvgIpc) is 2.30. The number of aryl methyl sites for hydroxylation is 1. The van der Waals surface area contributed by atoms with Crippen molar-refractivity contribution in [2.75, 3.05) is 31.2 Å². The first kappa shape index (κ1) is 15.5. The largest absolute Gasteiger partial charge is 0.383 e. The number of hydrogen-bond donors (Lipinski definition) is 2. The molecule has 6 nitrogen and oxygen atoms in total. The highest BCUT2D eigenvalue weighted by atomic mass is 32.2. The minimum atomic E-state index is -3.32. The molecule has 0 saturated heterocycles. The highest BCUT2D eigenvalue weighted by Crippen LogP contribution is 2.17. The standard InChI is InChI=1S/C12H18N2O4S/c1-9-8-10(12(15)13-6-7-18-2)4-5-11(9)14-19(3,16)17/h4-5,8,14H,6-7H2,1-3H3,(H,13,15). The van der Waals surface area contributed by atoms with Crippen LogP contribution in [-0.2, 0) is 14.8 Å². The van der Waals surface area contributed by atoms with Gasteiger partial charge in [-0.25, -0.2) is 8.42 Å². The van der Waals surface area contributed by atoms with Crippen molar-refractivity contribution >= 4 is 21.6 Å². The van der Waals surface area contributed by atoms with Gasteiger partial charge in [0.2, 0.25) is 10.0 Å². The number of carbonyl (C=O) groups is 1. The Hall–Kier alpha value is -1.60. The summed E-state index contributed by atoms with van der Waals surface area (Å²) in [7, 11) is -1.76. The smallest absolute Gasteiger partial charge is 0.251 e. The Balaban J connectivity index is 2.79. The monoisotopic (exact) mass is 286 g/mol. The number of rotatable bonds is 6. The number of ether oxygens (including phenoxy) is 1. The third kappa shape index (κ3) is 5.27. The van der Waals surface area contributed by atoms with Crippen LogP contribution in [0.25, 0.3) is 0 Å². The molecule has 0 heterocycles. The van der Waals surface area contributed by atoms with Crippen molar-refractivity contribution in [2.24, 2.45) is 0 Å². The third-order valence-electron chi connectivity index (χ3n) is 2.38. The van der Waals surface area contributed by atoms with E-state index in [0.29, 0.717) is 30.0 Å². The lowest BCUT2D eigenvalue weighted by Gasteiger charge is -2.10. The fourth-order valence-electron chi connectivity index (χ4n) is 1.49. The van der Waals surface area contributed by atoms with E-state index in [0.717, 1.165) is 6.26 Å². The number of hydrogen-bond acceptors (Lipinski definition) is 4. The molecule has 0 fully saturated rings. The van der Waals surface area contributed by atoms with Gasteiger partial charge in [-0.15, -0.1) is 0 Å². The quantitative estimate of drug-likeness (QED) is 0.756. The van der Waals surface area contributed by atoms with Crippen molar-refractivity contribution in [1.82, 2.24) is 5.32 Å². The van der Waals surface area contributed by atoms with Crippen LogP contribution in [0.4, 0.5) is 5.69 Å². The van der Waals surface area contributed by atoms with Gasteiger partial charge < -0.3 is 10.1 Å². The molecule has 0 radical (unpaired) electrons. The summed E-state index contributed by atoms with van der Waals surface area (Å²) in [6.07, 6.45) is 1.08. The summed E-state index contributed by atoms with van der Waals surface area (Å²) in [6.45, 7) is 2.61. The lowest BCUT2D eigenvalue weighted by Crippen LogP contribution is -2.27. The summed E-state index contributed by atoms with van der Waals surface area (Å²) in [6, 6.07) is 4.78. The van der Waals surface area contributed by atoms with E-state index < -0.39 is 10.0 Å². The Morgan fingerprint density at radius 2 is 2.05 bits per heavy atom. The van der Waals surface area contributed by atoms with E-state index in [2.05, 4.69) is 10.0 Å². The van der Waals surface area contributed by atoms with Crippen LogP contribution < -0.4 is 10.0 Å². The molecule has 7 heteroatoms. The minimum Gasteiger partial charge on any atom is -0.383 e. The summed E-state index contributed by atoms with van der Waals surface area (Å²) < 4.78 is 29.5. The first-order valence-corrected chi connectivity index (χ1v) is 7.58. The number of benzene rings is 1. The highest BCUT2D eigenvalue weighted by molar-refractivity contribution is 7.92. The maximum absolute atomic E-state index is 11.8. The van der Waals surface area contributed by atoms with Crippen molar-refractivity contribution < 1.29 is 17.9 Å². The van der Waals surface area contributed by atoms with E-state index in [9.17, 15) is 13.2 Å². The Morgan fingerprint density at radius 3 is 2.58 bits per heavy atom. The van der Waals surface area contributed by atoms with Crippen LogP contribution in [-0.4, -0.2) is 40.8 Å². The van der Waals surface area contributed by atoms with Crippen LogP contribution in [0.5, 0.6) is 0 Å². The Bertz CT molecular complexity index is 555. The number of methoxy groups -OCH3 is 1. The molecule has 0 bridgehead atoms. The SMILES string of the molecule is COCCNC(=O)c1ccc(NS(C)(=O)=O)c(C)c1. The summed E-state index contributed by atoms with van der Waals surface area (Å²) in [5, 5.41) is 2.69. The van der Waals surface area contributed by atoms with E-state index in [1.165, 1.54) is 0 Å². The fourth-order valence-corrected chi connectivity index (χ4v) is 2.12. The van der Waals surface area contributed by atoms with Gasteiger partial charge in [0, 0.05) is 19.2 Å². The average molecular weight is 286 g/mol. The maximum Gasteiger partial charge on any atom is 0.251 e.